The number of aromatic carboxylic acids is 4. The van der Waals surface area contributed by atoms with Crippen molar-refractivity contribution in [2.24, 2.45) is 0 Å². The van der Waals surface area contributed by atoms with Crippen LogP contribution >= 0.6 is 0 Å². The molecule has 3 aromatic rings. The van der Waals surface area contributed by atoms with E-state index in [0.717, 1.165) is 0 Å². The van der Waals surface area contributed by atoms with Crippen molar-refractivity contribution in [3.63, 3.8) is 0 Å². The van der Waals surface area contributed by atoms with Crippen molar-refractivity contribution in [2.75, 3.05) is 0 Å². The van der Waals surface area contributed by atoms with Crippen molar-refractivity contribution >= 4 is 45.4 Å². The Morgan fingerprint density at radius 1 is 0.471 bits per heavy atom. The monoisotopic (exact) mass is 466 g/mol. The zero-order valence-electron chi connectivity index (χ0n) is 19.4. The van der Waals surface area contributed by atoms with Gasteiger partial charge >= 0.3 is 23.9 Å². The highest BCUT2D eigenvalue weighted by atomic mass is 16.4. The lowest BCUT2D eigenvalue weighted by atomic mass is 9.81. The Bertz CT molecular complexity index is 1190. The molecule has 0 bridgehead atoms. The largest absolute Gasteiger partial charge is 0.478 e. The number of aryl methyl sites for hydroxylation is 4. The molecular weight excluding hydrogens is 440 g/mol. The molecule has 0 heterocycles. The molecule has 0 fully saturated rings. The van der Waals surface area contributed by atoms with Gasteiger partial charge < -0.3 is 20.4 Å². The molecule has 0 amide bonds. The molecule has 178 valence electrons. The minimum atomic E-state index is -1.34. The molecule has 0 unspecified atom stereocenters. The van der Waals surface area contributed by atoms with Crippen LogP contribution in [0.2, 0.25) is 0 Å². The number of carboxylic acid groups (broad SMARTS) is 4. The van der Waals surface area contributed by atoms with E-state index in [1.807, 2.05) is 0 Å². The lowest BCUT2D eigenvalue weighted by Crippen LogP contribution is -2.17. The molecule has 0 saturated heterocycles. The summed E-state index contributed by atoms with van der Waals surface area (Å²) in [6.45, 7) is 6.93. The fourth-order valence-corrected chi connectivity index (χ4v) is 5.15. The lowest BCUT2D eigenvalue weighted by molar-refractivity contribution is 0.0650. The van der Waals surface area contributed by atoms with Crippen LogP contribution in [0, 0.1) is 0 Å². The van der Waals surface area contributed by atoms with Gasteiger partial charge in [-0.25, -0.2) is 19.2 Å². The smallest absolute Gasteiger partial charge is 0.336 e. The van der Waals surface area contributed by atoms with E-state index in [4.69, 9.17) is 0 Å². The fourth-order valence-electron chi connectivity index (χ4n) is 5.15. The van der Waals surface area contributed by atoms with Crippen LogP contribution in [0.15, 0.2) is 12.1 Å². The Morgan fingerprint density at radius 3 is 0.765 bits per heavy atom. The standard InChI is InChI=1S/C26H26O8/c1-5-11-15-9-17-13(7-3)21(25(31)32)22(26(33)34)14(8-4)18(17)10-16(15)12(6-2)20(24(29)30)19(11)23(27)28/h9-10H,5-8H2,1-4H3,(H,27,28)(H,29,30)(H,31,32)(H,33,34). The summed E-state index contributed by atoms with van der Waals surface area (Å²) in [5, 5.41) is 41.8. The van der Waals surface area contributed by atoms with Gasteiger partial charge in [-0.1, -0.05) is 27.7 Å². The van der Waals surface area contributed by atoms with Gasteiger partial charge in [-0.2, -0.15) is 0 Å². The summed E-state index contributed by atoms with van der Waals surface area (Å²) in [7, 11) is 0. The molecule has 0 saturated carbocycles. The predicted octanol–water partition coefficient (Wildman–Crippen LogP) is 5.04. The van der Waals surface area contributed by atoms with E-state index in [1.165, 1.54) is 0 Å². The SMILES string of the molecule is CCc1c(C(=O)O)c(C(=O)O)c(CC)c2cc3c(CC)c(C(=O)O)c(C(=O)O)c(CC)c3cc12. The minimum Gasteiger partial charge on any atom is -0.478 e. The first kappa shape index (κ1) is 24.7. The van der Waals surface area contributed by atoms with Crippen LogP contribution in [-0.2, 0) is 25.7 Å². The molecule has 3 aromatic carbocycles. The highest BCUT2D eigenvalue weighted by molar-refractivity contribution is 6.16. The van der Waals surface area contributed by atoms with Crippen molar-refractivity contribution in [1.82, 2.24) is 0 Å². The normalized spacial score (nSPS) is 11.2. The quantitative estimate of drug-likeness (QED) is 0.338. The van der Waals surface area contributed by atoms with Crippen molar-refractivity contribution in [3.05, 3.63) is 56.6 Å². The second-order valence-corrected chi connectivity index (χ2v) is 7.99. The Hall–Kier alpha value is -3.94. The topological polar surface area (TPSA) is 149 Å². The van der Waals surface area contributed by atoms with Crippen LogP contribution in [0.3, 0.4) is 0 Å². The molecule has 0 aliphatic carbocycles. The van der Waals surface area contributed by atoms with Crippen LogP contribution in [0.4, 0.5) is 0 Å². The zero-order chi connectivity index (χ0) is 25.5. The van der Waals surface area contributed by atoms with Crippen molar-refractivity contribution in [1.29, 1.82) is 0 Å². The summed E-state index contributed by atoms with van der Waals surface area (Å²) in [6, 6.07) is 3.41. The molecule has 8 nitrogen and oxygen atoms in total. The van der Waals surface area contributed by atoms with E-state index in [0.29, 0.717) is 43.8 Å². The molecule has 0 atom stereocenters. The number of hydrogen-bond acceptors (Lipinski definition) is 4. The van der Waals surface area contributed by atoms with Gasteiger partial charge in [0.2, 0.25) is 0 Å². The summed E-state index contributed by atoms with van der Waals surface area (Å²) in [4.78, 5) is 48.6. The van der Waals surface area contributed by atoms with E-state index in [9.17, 15) is 39.6 Å². The van der Waals surface area contributed by atoms with Crippen LogP contribution in [0.1, 0.15) is 91.4 Å². The third-order valence-corrected chi connectivity index (χ3v) is 6.43. The molecule has 0 radical (unpaired) electrons. The molecule has 0 spiro atoms. The Balaban J connectivity index is 2.79. The van der Waals surface area contributed by atoms with Crippen molar-refractivity contribution in [3.8, 4) is 0 Å². The Kier molecular flexibility index (Phi) is 6.63. The number of fused-ring (bicyclic) bond motifs is 2. The number of rotatable bonds is 8. The maximum absolute atomic E-state index is 12.2. The van der Waals surface area contributed by atoms with Crippen molar-refractivity contribution in [2.45, 2.75) is 53.4 Å². The molecule has 8 heteroatoms. The predicted molar refractivity (Wildman–Crippen MR) is 127 cm³/mol. The second kappa shape index (κ2) is 9.13. The van der Waals surface area contributed by atoms with Gasteiger partial charge in [-0.3, -0.25) is 0 Å². The first-order valence-corrected chi connectivity index (χ1v) is 11.1. The number of benzene rings is 3. The van der Waals surface area contributed by atoms with E-state index in [1.54, 1.807) is 39.8 Å². The second-order valence-electron chi connectivity index (χ2n) is 7.99. The molecule has 0 aliphatic rings. The number of hydrogen-bond donors (Lipinski definition) is 4. The number of carboxylic acids is 4. The summed E-state index contributed by atoms with van der Waals surface area (Å²) in [6.07, 6.45) is 0.980. The van der Waals surface area contributed by atoms with Crippen LogP contribution < -0.4 is 0 Å². The molecule has 4 N–H and O–H groups in total. The first-order valence-electron chi connectivity index (χ1n) is 11.1. The third-order valence-electron chi connectivity index (χ3n) is 6.43. The Morgan fingerprint density at radius 2 is 0.647 bits per heavy atom. The molecule has 0 aromatic heterocycles. The van der Waals surface area contributed by atoms with Gasteiger partial charge in [0, 0.05) is 0 Å². The van der Waals surface area contributed by atoms with Crippen molar-refractivity contribution < 1.29 is 39.6 Å². The van der Waals surface area contributed by atoms with E-state index >= 15 is 0 Å². The van der Waals surface area contributed by atoms with Gasteiger partial charge in [0.05, 0.1) is 22.3 Å². The number of carbonyl (C=O) groups is 4. The summed E-state index contributed by atoms with van der Waals surface area (Å²) >= 11 is 0. The van der Waals surface area contributed by atoms with Gasteiger partial charge in [0.15, 0.2) is 0 Å². The summed E-state index contributed by atoms with van der Waals surface area (Å²) in [5.41, 5.74) is 0.301. The maximum atomic E-state index is 12.2. The van der Waals surface area contributed by atoms with Gasteiger partial charge in [0.1, 0.15) is 0 Å². The van der Waals surface area contributed by atoms with Crippen LogP contribution in [-0.4, -0.2) is 44.3 Å². The summed E-state index contributed by atoms with van der Waals surface area (Å²) in [5.74, 6) is -5.38. The van der Waals surface area contributed by atoms with E-state index in [-0.39, 0.29) is 47.9 Å². The van der Waals surface area contributed by atoms with Gasteiger partial charge in [-0.15, -0.1) is 0 Å². The average molecular weight is 466 g/mol. The van der Waals surface area contributed by atoms with E-state index in [2.05, 4.69) is 0 Å². The zero-order valence-corrected chi connectivity index (χ0v) is 19.4. The molecule has 34 heavy (non-hydrogen) atoms. The van der Waals surface area contributed by atoms with Crippen LogP contribution in [0.5, 0.6) is 0 Å². The molecule has 3 rings (SSSR count). The first-order chi connectivity index (χ1) is 16.0. The molecule has 0 aliphatic heterocycles. The van der Waals surface area contributed by atoms with Crippen LogP contribution in [0.25, 0.3) is 21.5 Å². The minimum absolute atomic E-state index is 0.245. The maximum Gasteiger partial charge on any atom is 0.336 e. The Labute approximate surface area is 195 Å². The molecular formula is C26H26O8. The fraction of sp³-hybridized carbons (Fsp3) is 0.308. The highest BCUT2D eigenvalue weighted by Crippen LogP contribution is 2.39. The van der Waals surface area contributed by atoms with Gasteiger partial charge in [-0.05, 0) is 81.6 Å². The van der Waals surface area contributed by atoms with Gasteiger partial charge in [0.25, 0.3) is 0 Å². The van der Waals surface area contributed by atoms with E-state index < -0.39 is 23.9 Å². The highest BCUT2D eigenvalue weighted by Gasteiger charge is 2.30. The summed E-state index contributed by atoms with van der Waals surface area (Å²) < 4.78 is 0. The average Bonchev–Trinajstić information content (AvgIpc) is 2.78. The lowest BCUT2D eigenvalue weighted by Gasteiger charge is -2.21. The third kappa shape index (κ3) is 3.55.